The summed E-state index contributed by atoms with van der Waals surface area (Å²) in [5, 5.41) is 2.72. The number of hydrogen-bond donors (Lipinski definition) is 2. The van der Waals surface area contributed by atoms with Gasteiger partial charge in [-0.3, -0.25) is 9.59 Å². The average molecular weight is 326 g/mol. The second kappa shape index (κ2) is 8.15. The van der Waals surface area contributed by atoms with Crippen molar-refractivity contribution in [3.8, 4) is 5.75 Å². The molecule has 2 rings (SSSR count). The lowest BCUT2D eigenvalue weighted by Gasteiger charge is -2.18. The molecule has 0 saturated heterocycles. The van der Waals surface area contributed by atoms with Gasteiger partial charge in [0.2, 0.25) is 0 Å². The zero-order chi connectivity index (χ0) is 17.5. The maximum Gasteiger partial charge on any atom is 0.265 e. The number of nitrogens with one attached hydrogen (secondary N) is 1. The van der Waals surface area contributed by atoms with Crippen LogP contribution in [0.2, 0.25) is 0 Å². The molecule has 0 aliphatic rings. The van der Waals surface area contributed by atoms with Gasteiger partial charge in [-0.05, 0) is 42.7 Å². The lowest BCUT2D eigenvalue weighted by atomic mass is 10.1. The third kappa shape index (κ3) is 4.35. The van der Waals surface area contributed by atoms with E-state index in [9.17, 15) is 9.59 Å². The topological polar surface area (TPSA) is 81.4 Å². The molecule has 0 aliphatic heterocycles. The second-order valence-corrected chi connectivity index (χ2v) is 5.41. The molecule has 1 atom stereocenters. The Morgan fingerprint density at radius 2 is 1.75 bits per heavy atom. The standard InChI is InChI=1S/C19H22N2O3/c1-3-13-9-11-14(12-10-13)24-17(4-2)19(23)21-16-8-6-5-7-15(16)18(20)22/h5-12,17H,3-4H2,1-2H3,(H2,20,22)(H,21,23)/t17-/m1/s1. The first-order chi connectivity index (χ1) is 11.5. The minimum atomic E-state index is -0.654. The predicted octanol–water partition coefficient (Wildman–Crippen LogP) is 3.14. The van der Waals surface area contributed by atoms with Gasteiger partial charge in [0.15, 0.2) is 6.10 Å². The van der Waals surface area contributed by atoms with Crippen LogP contribution in [-0.4, -0.2) is 17.9 Å². The molecular formula is C19H22N2O3. The van der Waals surface area contributed by atoms with Crippen LogP contribution in [0.15, 0.2) is 48.5 Å². The van der Waals surface area contributed by atoms with Gasteiger partial charge in [-0.15, -0.1) is 0 Å². The highest BCUT2D eigenvalue weighted by Crippen LogP contribution is 2.18. The Kier molecular flexibility index (Phi) is 5.95. The molecule has 5 heteroatoms. The number of primary amides is 1. The van der Waals surface area contributed by atoms with Gasteiger partial charge in [0.05, 0.1) is 11.3 Å². The molecular weight excluding hydrogens is 304 g/mol. The van der Waals surface area contributed by atoms with E-state index in [1.54, 1.807) is 24.3 Å². The minimum Gasteiger partial charge on any atom is -0.481 e. The lowest BCUT2D eigenvalue weighted by molar-refractivity contribution is -0.122. The number of rotatable bonds is 7. The van der Waals surface area contributed by atoms with E-state index in [4.69, 9.17) is 10.5 Å². The summed E-state index contributed by atoms with van der Waals surface area (Å²) in [6.07, 6.45) is 0.792. The van der Waals surface area contributed by atoms with Crippen molar-refractivity contribution in [3.05, 3.63) is 59.7 Å². The summed E-state index contributed by atoms with van der Waals surface area (Å²) in [7, 11) is 0. The average Bonchev–Trinajstić information content (AvgIpc) is 2.60. The quantitative estimate of drug-likeness (QED) is 0.820. The number of amides is 2. The van der Waals surface area contributed by atoms with Crippen LogP contribution in [0.25, 0.3) is 0 Å². The van der Waals surface area contributed by atoms with Crippen LogP contribution in [0.3, 0.4) is 0 Å². The third-order valence-corrected chi connectivity index (χ3v) is 3.72. The van der Waals surface area contributed by atoms with Crippen molar-refractivity contribution in [2.24, 2.45) is 5.73 Å². The first-order valence-corrected chi connectivity index (χ1v) is 8.00. The molecule has 126 valence electrons. The molecule has 0 radical (unpaired) electrons. The Morgan fingerprint density at radius 3 is 2.33 bits per heavy atom. The number of carbonyl (C=O) groups is 2. The van der Waals surface area contributed by atoms with E-state index in [1.807, 2.05) is 31.2 Å². The molecule has 0 aromatic heterocycles. The summed E-state index contributed by atoms with van der Waals surface area (Å²) < 4.78 is 5.77. The number of anilines is 1. The Bertz CT molecular complexity index is 711. The predicted molar refractivity (Wildman–Crippen MR) is 94.1 cm³/mol. The van der Waals surface area contributed by atoms with Crippen LogP contribution in [0.1, 0.15) is 36.2 Å². The van der Waals surface area contributed by atoms with Crippen molar-refractivity contribution in [2.75, 3.05) is 5.32 Å². The summed E-state index contributed by atoms with van der Waals surface area (Å²) in [5.41, 5.74) is 7.19. The molecule has 0 saturated carbocycles. The van der Waals surface area contributed by atoms with Crippen molar-refractivity contribution < 1.29 is 14.3 Å². The number of nitrogens with two attached hydrogens (primary N) is 1. The molecule has 0 heterocycles. The molecule has 0 fully saturated rings. The smallest absolute Gasteiger partial charge is 0.265 e. The summed E-state index contributed by atoms with van der Waals surface area (Å²) in [5.74, 6) is -0.266. The Labute approximate surface area is 141 Å². The SMILES string of the molecule is CCc1ccc(O[C@H](CC)C(=O)Nc2ccccc2C(N)=O)cc1. The maximum atomic E-state index is 12.5. The van der Waals surface area contributed by atoms with Gasteiger partial charge < -0.3 is 15.8 Å². The van der Waals surface area contributed by atoms with Gasteiger partial charge in [0.1, 0.15) is 5.75 Å². The third-order valence-electron chi connectivity index (χ3n) is 3.72. The first kappa shape index (κ1) is 17.5. The van der Waals surface area contributed by atoms with Crippen LogP contribution in [-0.2, 0) is 11.2 Å². The number of aryl methyl sites for hydroxylation is 1. The van der Waals surface area contributed by atoms with Crippen molar-refractivity contribution >= 4 is 17.5 Å². The lowest BCUT2D eigenvalue weighted by Crippen LogP contribution is -2.33. The van der Waals surface area contributed by atoms with Crippen molar-refractivity contribution in [3.63, 3.8) is 0 Å². The summed E-state index contributed by atoms with van der Waals surface area (Å²) >= 11 is 0. The van der Waals surface area contributed by atoms with Crippen LogP contribution in [0.5, 0.6) is 5.75 Å². The Morgan fingerprint density at radius 1 is 1.08 bits per heavy atom. The fraction of sp³-hybridized carbons (Fsp3) is 0.263. The maximum absolute atomic E-state index is 12.5. The molecule has 2 aromatic carbocycles. The normalized spacial score (nSPS) is 11.6. The van der Waals surface area contributed by atoms with E-state index in [0.29, 0.717) is 17.9 Å². The Balaban J connectivity index is 2.10. The van der Waals surface area contributed by atoms with Crippen LogP contribution < -0.4 is 15.8 Å². The molecule has 24 heavy (non-hydrogen) atoms. The van der Waals surface area contributed by atoms with Gasteiger partial charge in [-0.25, -0.2) is 0 Å². The second-order valence-electron chi connectivity index (χ2n) is 5.41. The van der Waals surface area contributed by atoms with E-state index in [0.717, 1.165) is 6.42 Å². The van der Waals surface area contributed by atoms with Crippen molar-refractivity contribution in [1.82, 2.24) is 0 Å². The fourth-order valence-electron chi connectivity index (χ4n) is 2.31. The molecule has 0 aliphatic carbocycles. The monoisotopic (exact) mass is 326 g/mol. The van der Waals surface area contributed by atoms with E-state index in [2.05, 4.69) is 12.2 Å². The largest absolute Gasteiger partial charge is 0.481 e. The van der Waals surface area contributed by atoms with Gasteiger partial charge in [-0.2, -0.15) is 0 Å². The molecule has 3 N–H and O–H groups in total. The fourth-order valence-corrected chi connectivity index (χ4v) is 2.31. The summed E-state index contributed by atoms with van der Waals surface area (Å²) in [6, 6.07) is 14.3. The van der Waals surface area contributed by atoms with E-state index < -0.39 is 12.0 Å². The van der Waals surface area contributed by atoms with E-state index in [1.165, 1.54) is 5.56 Å². The molecule has 2 aromatic rings. The highest BCUT2D eigenvalue weighted by molar-refractivity contribution is 6.04. The van der Waals surface area contributed by atoms with Gasteiger partial charge in [0.25, 0.3) is 11.8 Å². The van der Waals surface area contributed by atoms with Crippen molar-refractivity contribution in [1.29, 1.82) is 0 Å². The number of carbonyl (C=O) groups excluding carboxylic acids is 2. The summed E-state index contributed by atoms with van der Waals surface area (Å²) in [4.78, 5) is 23.9. The van der Waals surface area contributed by atoms with E-state index >= 15 is 0 Å². The highest BCUT2D eigenvalue weighted by atomic mass is 16.5. The zero-order valence-corrected chi connectivity index (χ0v) is 13.9. The molecule has 2 amide bonds. The molecule has 5 nitrogen and oxygen atoms in total. The molecule has 0 spiro atoms. The van der Waals surface area contributed by atoms with E-state index in [-0.39, 0.29) is 11.5 Å². The number of ether oxygens (including phenoxy) is 1. The van der Waals surface area contributed by atoms with Crippen LogP contribution in [0.4, 0.5) is 5.69 Å². The number of para-hydroxylation sites is 1. The van der Waals surface area contributed by atoms with Gasteiger partial charge in [-0.1, -0.05) is 38.1 Å². The highest BCUT2D eigenvalue weighted by Gasteiger charge is 2.20. The summed E-state index contributed by atoms with van der Waals surface area (Å²) in [6.45, 7) is 3.94. The van der Waals surface area contributed by atoms with Crippen LogP contribution >= 0.6 is 0 Å². The van der Waals surface area contributed by atoms with Crippen molar-refractivity contribution in [2.45, 2.75) is 32.8 Å². The number of benzene rings is 2. The van der Waals surface area contributed by atoms with Crippen LogP contribution in [0, 0.1) is 0 Å². The first-order valence-electron chi connectivity index (χ1n) is 8.00. The van der Waals surface area contributed by atoms with Gasteiger partial charge in [0, 0.05) is 0 Å². The Hall–Kier alpha value is -2.82. The minimum absolute atomic E-state index is 0.271. The van der Waals surface area contributed by atoms with Gasteiger partial charge >= 0.3 is 0 Å². The molecule has 0 bridgehead atoms. The zero-order valence-electron chi connectivity index (χ0n) is 13.9. The number of hydrogen-bond acceptors (Lipinski definition) is 3. The molecule has 0 unspecified atom stereocenters.